The molecule has 148 valence electrons. The highest BCUT2D eigenvalue weighted by molar-refractivity contribution is 5.92. The van der Waals surface area contributed by atoms with E-state index >= 15 is 0 Å². The summed E-state index contributed by atoms with van der Waals surface area (Å²) in [5, 5.41) is 0. The van der Waals surface area contributed by atoms with Crippen LogP contribution < -0.4 is 9.47 Å². The second-order valence-electron chi connectivity index (χ2n) is 6.73. The number of aromatic nitrogens is 4. The normalized spacial score (nSPS) is 15.9. The molecule has 0 spiro atoms. The third kappa shape index (κ3) is 4.16. The Hall–Kier alpha value is -3.55. The average molecular weight is 391 g/mol. The lowest BCUT2D eigenvalue weighted by molar-refractivity contribution is 0.0722. The molecule has 1 aliphatic rings. The number of amides is 1. The van der Waals surface area contributed by atoms with Crippen molar-refractivity contribution in [1.29, 1.82) is 0 Å². The average Bonchev–Trinajstić information content (AvgIpc) is 3.24. The number of aryl methyl sites for hydroxylation is 1. The van der Waals surface area contributed by atoms with Crippen molar-refractivity contribution in [2.45, 2.75) is 25.8 Å². The van der Waals surface area contributed by atoms with E-state index in [1.54, 1.807) is 24.3 Å². The lowest BCUT2D eigenvalue weighted by Gasteiger charge is -2.23. The molecule has 29 heavy (non-hydrogen) atoms. The first-order chi connectivity index (χ1) is 14.1. The van der Waals surface area contributed by atoms with Crippen molar-refractivity contribution >= 4 is 5.91 Å². The molecule has 0 N–H and O–H groups in total. The summed E-state index contributed by atoms with van der Waals surface area (Å²) in [6.07, 6.45) is 6.21. The van der Waals surface area contributed by atoms with Crippen molar-refractivity contribution in [2.24, 2.45) is 0 Å². The monoisotopic (exact) mass is 391 g/mol. The quantitative estimate of drug-likeness (QED) is 0.659. The molecule has 0 unspecified atom stereocenters. The van der Waals surface area contributed by atoms with E-state index in [0.717, 1.165) is 24.3 Å². The molecule has 0 radical (unpaired) electrons. The second kappa shape index (κ2) is 8.22. The predicted molar refractivity (Wildman–Crippen MR) is 105 cm³/mol. The van der Waals surface area contributed by atoms with Gasteiger partial charge in [-0.2, -0.15) is 4.98 Å². The molecule has 0 bridgehead atoms. The van der Waals surface area contributed by atoms with Gasteiger partial charge in [-0.3, -0.25) is 9.78 Å². The largest absolute Gasteiger partial charge is 0.497 e. The van der Waals surface area contributed by atoms with Crippen molar-refractivity contribution in [2.75, 3.05) is 13.7 Å². The molecule has 0 saturated carbocycles. The summed E-state index contributed by atoms with van der Waals surface area (Å²) in [6, 6.07) is 8.83. The summed E-state index contributed by atoms with van der Waals surface area (Å²) < 4.78 is 11.1. The minimum Gasteiger partial charge on any atom is -0.497 e. The van der Waals surface area contributed by atoms with Crippen LogP contribution in [-0.4, -0.2) is 44.4 Å². The van der Waals surface area contributed by atoms with Gasteiger partial charge in [0.15, 0.2) is 5.82 Å². The van der Waals surface area contributed by atoms with Gasteiger partial charge in [0.2, 0.25) is 5.88 Å². The molecular formula is C21H21N5O3. The summed E-state index contributed by atoms with van der Waals surface area (Å²) >= 11 is 0. The number of nitrogens with zero attached hydrogens (tertiary/aromatic N) is 5. The van der Waals surface area contributed by atoms with Crippen LogP contribution in [0, 0.1) is 6.92 Å². The molecule has 1 saturated heterocycles. The zero-order chi connectivity index (χ0) is 20.2. The van der Waals surface area contributed by atoms with Gasteiger partial charge >= 0.3 is 0 Å². The van der Waals surface area contributed by atoms with Crippen molar-refractivity contribution < 1.29 is 14.3 Å². The molecule has 1 aromatic carbocycles. The van der Waals surface area contributed by atoms with E-state index in [4.69, 9.17) is 9.47 Å². The molecule has 1 amide bonds. The van der Waals surface area contributed by atoms with E-state index in [1.807, 2.05) is 31.2 Å². The maximum atomic E-state index is 12.9. The Morgan fingerprint density at radius 3 is 2.66 bits per heavy atom. The van der Waals surface area contributed by atoms with Gasteiger partial charge in [0.05, 0.1) is 19.3 Å². The van der Waals surface area contributed by atoms with Crippen molar-refractivity contribution in [3.63, 3.8) is 0 Å². The SMILES string of the molecule is COc1ccc(Oc2cc(C)nc([C@@H]3CCCN3C(=O)c3cnccn3)n2)cc1. The smallest absolute Gasteiger partial charge is 0.274 e. The molecule has 2 aromatic heterocycles. The number of ether oxygens (including phenoxy) is 2. The van der Waals surface area contributed by atoms with Crippen LogP contribution in [0.4, 0.5) is 0 Å². The van der Waals surface area contributed by atoms with Gasteiger partial charge < -0.3 is 14.4 Å². The second-order valence-corrected chi connectivity index (χ2v) is 6.73. The van der Waals surface area contributed by atoms with Gasteiger partial charge in [-0.15, -0.1) is 0 Å². The number of carbonyl (C=O) groups is 1. The van der Waals surface area contributed by atoms with Gasteiger partial charge in [0.1, 0.15) is 17.2 Å². The molecule has 1 aliphatic heterocycles. The Kier molecular flexibility index (Phi) is 5.33. The van der Waals surface area contributed by atoms with Gasteiger partial charge in [0, 0.05) is 30.7 Å². The van der Waals surface area contributed by atoms with Gasteiger partial charge in [-0.25, -0.2) is 9.97 Å². The number of hydrogen-bond acceptors (Lipinski definition) is 7. The first-order valence-corrected chi connectivity index (χ1v) is 9.38. The summed E-state index contributed by atoms with van der Waals surface area (Å²) in [6.45, 7) is 2.52. The fourth-order valence-electron chi connectivity index (χ4n) is 3.36. The van der Waals surface area contributed by atoms with Crippen molar-refractivity contribution in [1.82, 2.24) is 24.8 Å². The first kappa shape index (κ1) is 18.8. The van der Waals surface area contributed by atoms with Crippen LogP contribution in [-0.2, 0) is 0 Å². The first-order valence-electron chi connectivity index (χ1n) is 9.38. The van der Waals surface area contributed by atoms with Crippen LogP contribution in [0.3, 0.4) is 0 Å². The van der Waals surface area contributed by atoms with Crippen LogP contribution in [0.15, 0.2) is 48.9 Å². The Labute approximate surface area is 168 Å². The van der Waals surface area contributed by atoms with E-state index < -0.39 is 0 Å². The molecule has 4 rings (SSSR count). The van der Waals surface area contributed by atoms with E-state index in [0.29, 0.717) is 29.7 Å². The topological polar surface area (TPSA) is 90.3 Å². The van der Waals surface area contributed by atoms with E-state index in [1.165, 1.54) is 12.4 Å². The number of hydrogen-bond donors (Lipinski definition) is 0. The molecular weight excluding hydrogens is 370 g/mol. The summed E-state index contributed by atoms with van der Waals surface area (Å²) in [4.78, 5) is 31.9. The Morgan fingerprint density at radius 2 is 1.93 bits per heavy atom. The van der Waals surface area contributed by atoms with Crippen LogP contribution in [0.5, 0.6) is 17.4 Å². The van der Waals surface area contributed by atoms with Gasteiger partial charge in [-0.1, -0.05) is 0 Å². The summed E-state index contributed by atoms with van der Waals surface area (Å²) in [7, 11) is 1.62. The molecule has 0 aliphatic carbocycles. The molecule has 1 atom stereocenters. The number of likely N-dealkylation sites (tertiary alicyclic amines) is 1. The van der Waals surface area contributed by atoms with Crippen molar-refractivity contribution in [3.8, 4) is 17.4 Å². The molecule has 3 aromatic rings. The fourth-order valence-corrected chi connectivity index (χ4v) is 3.36. The van der Waals surface area contributed by atoms with Crippen LogP contribution >= 0.6 is 0 Å². The molecule has 1 fully saturated rings. The lowest BCUT2D eigenvalue weighted by Crippen LogP contribution is -2.32. The summed E-state index contributed by atoms with van der Waals surface area (Å²) in [5.74, 6) is 2.25. The number of benzene rings is 1. The van der Waals surface area contributed by atoms with Crippen LogP contribution in [0.25, 0.3) is 0 Å². The minimum absolute atomic E-state index is 0.164. The van der Waals surface area contributed by atoms with Crippen LogP contribution in [0.1, 0.15) is 40.9 Å². The highest BCUT2D eigenvalue weighted by atomic mass is 16.5. The van der Waals surface area contributed by atoms with Gasteiger partial charge in [-0.05, 0) is 44.0 Å². The zero-order valence-electron chi connectivity index (χ0n) is 16.3. The third-order valence-electron chi connectivity index (χ3n) is 4.72. The van der Waals surface area contributed by atoms with Crippen molar-refractivity contribution in [3.05, 3.63) is 66.1 Å². The number of methoxy groups -OCH3 is 1. The number of carbonyl (C=O) groups excluding carboxylic acids is 1. The lowest BCUT2D eigenvalue weighted by atomic mass is 10.2. The third-order valence-corrected chi connectivity index (χ3v) is 4.72. The van der Waals surface area contributed by atoms with E-state index in [2.05, 4.69) is 19.9 Å². The maximum Gasteiger partial charge on any atom is 0.274 e. The van der Waals surface area contributed by atoms with Crippen LogP contribution in [0.2, 0.25) is 0 Å². The Balaban J connectivity index is 1.58. The fraction of sp³-hybridized carbons (Fsp3) is 0.286. The molecule has 8 nitrogen and oxygen atoms in total. The predicted octanol–water partition coefficient (Wildman–Crippen LogP) is 3.35. The van der Waals surface area contributed by atoms with Gasteiger partial charge in [0.25, 0.3) is 5.91 Å². The maximum absolute atomic E-state index is 12.9. The zero-order valence-corrected chi connectivity index (χ0v) is 16.3. The minimum atomic E-state index is -0.220. The standard InChI is InChI=1S/C21H21N5O3/c1-14-12-19(29-16-7-5-15(28-2)6-8-16)25-20(24-14)18-4-3-11-26(18)21(27)17-13-22-9-10-23-17/h5-10,12-13,18H,3-4,11H2,1-2H3/t18-/m0/s1. The Morgan fingerprint density at radius 1 is 1.14 bits per heavy atom. The molecule has 8 heteroatoms. The van der Waals surface area contributed by atoms with E-state index in [9.17, 15) is 4.79 Å². The Bertz CT molecular complexity index is 995. The highest BCUT2D eigenvalue weighted by Gasteiger charge is 2.33. The molecule has 3 heterocycles. The highest BCUT2D eigenvalue weighted by Crippen LogP contribution is 2.32. The summed E-state index contributed by atoms with van der Waals surface area (Å²) in [5.41, 5.74) is 1.10. The van der Waals surface area contributed by atoms with E-state index in [-0.39, 0.29) is 11.9 Å². The number of rotatable bonds is 5.